The third kappa shape index (κ3) is 4.36. The Hall–Kier alpha value is -2.79. The monoisotopic (exact) mass is 295 g/mol. The standard InChI is InChI=1S/C17H17N3O2/c1-2-12-4-3-5-15(10-12)20-19-14-8-6-13(7-9-14)11-16(18)17(21)22/h2-10,16H,1,11,18H2,(H,21,22)/t16-/m0/s1. The lowest BCUT2D eigenvalue weighted by atomic mass is 10.1. The number of carbonyl (C=O) groups is 1. The van der Waals surface area contributed by atoms with Gasteiger partial charge in [-0.15, -0.1) is 0 Å². The smallest absolute Gasteiger partial charge is 0.320 e. The highest BCUT2D eigenvalue weighted by Crippen LogP contribution is 2.20. The zero-order valence-electron chi connectivity index (χ0n) is 12.0. The van der Waals surface area contributed by atoms with Crippen LogP contribution in [0.15, 0.2) is 65.3 Å². The van der Waals surface area contributed by atoms with Crippen LogP contribution in [-0.2, 0) is 11.2 Å². The van der Waals surface area contributed by atoms with Crippen molar-refractivity contribution in [2.75, 3.05) is 0 Å². The molecule has 0 unspecified atom stereocenters. The Bertz CT molecular complexity index is 693. The van der Waals surface area contributed by atoms with Gasteiger partial charge in [-0.1, -0.05) is 36.9 Å². The predicted molar refractivity (Wildman–Crippen MR) is 86.5 cm³/mol. The van der Waals surface area contributed by atoms with Crippen LogP contribution in [0, 0.1) is 0 Å². The molecule has 2 rings (SSSR count). The van der Waals surface area contributed by atoms with Crippen LogP contribution in [0.1, 0.15) is 11.1 Å². The van der Waals surface area contributed by atoms with E-state index in [-0.39, 0.29) is 6.42 Å². The van der Waals surface area contributed by atoms with Crippen molar-refractivity contribution >= 4 is 23.4 Å². The number of rotatable bonds is 6. The first-order valence-corrected chi connectivity index (χ1v) is 6.80. The molecule has 0 spiro atoms. The van der Waals surface area contributed by atoms with E-state index in [9.17, 15) is 4.79 Å². The summed E-state index contributed by atoms with van der Waals surface area (Å²) < 4.78 is 0. The summed E-state index contributed by atoms with van der Waals surface area (Å²) >= 11 is 0. The van der Waals surface area contributed by atoms with Crippen LogP contribution < -0.4 is 5.73 Å². The number of carboxylic acids is 1. The molecule has 0 radical (unpaired) electrons. The van der Waals surface area contributed by atoms with E-state index in [1.54, 1.807) is 30.3 Å². The second kappa shape index (κ2) is 7.28. The van der Waals surface area contributed by atoms with Gasteiger partial charge in [0.1, 0.15) is 6.04 Å². The summed E-state index contributed by atoms with van der Waals surface area (Å²) in [6.45, 7) is 3.71. The summed E-state index contributed by atoms with van der Waals surface area (Å²) in [5.74, 6) is -1.01. The molecule has 2 aromatic rings. The van der Waals surface area contributed by atoms with E-state index < -0.39 is 12.0 Å². The highest BCUT2D eigenvalue weighted by molar-refractivity contribution is 5.73. The van der Waals surface area contributed by atoms with Crippen LogP contribution in [-0.4, -0.2) is 17.1 Å². The van der Waals surface area contributed by atoms with Crippen molar-refractivity contribution in [1.82, 2.24) is 0 Å². The minimum absolute atomic E-state index is 0.286. The topological polar surface area (TPSA) is 88.0 Å². The molecule has 1 atom stereocenters. The van der Waals surface area contributed by atoms with Gasteiger partial charge < -0.3 is 10.8 Å². The molecule has 0 saturated heterocycles. The van der Waals surface area contributed by atoms with Crippen molar-refractivity contribution in [3.05, 3.63) is 66.2 Å². The van der Waals surface area contributed by atoms with E-state index in [0.29, 0.717) is 5.69 Å². The van der Waals surface area contributed by atoms with Crippen molar-refractivity contribution in [3.63, 3.8) is 0 Å². The first kappa shape index (κ1) is 15.6. The summed E-state index contributed by atoms with van der Waals surface area (Å²) in [6.07, 6.45) is 2.04. The fourth-order valence-corrected chi connectivity index (χ4v) is 1.87. The van der Waals surface area contributed by atoms with Gasteiger partial charge in [-0.3, -0.25) is 4.79 Å². The molecule has 22 heavy (non-hydrogen) atoms. The van der Waals surface area contributed by atoms with E-state index in [2.05, 4.69) is 16.8 Å². The number of benzene rings is 2. The SMILES string of the molecule is C=Cc1cccc(N=Nc2ccc(C[C@H](N)C(=O)O)cc2)c1. The Labute approximate surface area is 128 Å². The number of aliphatic carboxylic acids is 1. The van der Waals surface area contributed by atoms with E-state index in [1.807, 2.05) is 24.3 Å². The normalized spacial score (nSPS) is 12.2. The van der Waals surface area contributed by atoms with Crippen molar-refractivity contribution in [3.8, 4) is 0 Å². The third-order valence-electron chi connectivity index (χ3n) is 3.10. The molecule has 0 aliphatic rings. The molecule has 0 aliphatic heterocycles. The number of nitrogens with zero attached hydrogens (tertiary/aromatic N) is 2. The Morgan fingerprint density at radius 1 is 1.18 bits per heavy atom. The van der Waals surface area contributed by atoms with Crippen LogP contribution in [0.3, 0.4) is 0 Å². The summed E-state index contributed by atoms with van der Waals surface area (Å²) in [4.78, 5) is 10.7. The van der Waals surface area contributed by atoms with Gasteiger partial charge in [0.2, 0.25) is 0 Å². The van der Waals surface area contributed by atoms with Gasteiger partial charge in [0.25, 0.3) is 0 Å². The Morgan fingerprint density at radius 2 is 1.86 bits per heavy atom. The van der Waals surface area contributed by atoms with Gasteiger partial charge in [-0.05, 0) is 41.8 Å². The van der Waals surface area contributed by atoms with Crippen molar-refractivity contribution in [1.29, 1.82) is 0 Å². The molecule has 0 aliphatic carbocycles. The number of hydrogen-bond acceptors (Lipinski definition) is 4. The van der Waals surface area contributed by atoms with Crippen LogP contribution >= 0.6 is 0 Å². The number of carboxylic acid groups (broad SMARTS) is 1. The largest absolute Gasteiger partial charge is 0.480 e. The number of hydrogen-bond donors (Lipinski definition) is 2. The highest BCUT2D eigenvalue weighted by atomic mass is 16.4. The molecular formula is C17H17N3O2. The van der Waals surface area contributed by atoms with Gasteiger partial charge >= 0.3 is 5.97 Å². The maximum atomic E-state index is 10.7. The first-order valence-electron chi connectivity index (χ1n) is 6.80. The molecule has 0 saturated carbocycles. The van der Waals surface area contributed by atoms with Crippen molar-refractivity contribution in [2.24, 2.45) is 16.0 Å². The molecule has 5 nitrogen and oxygen atoms in total. The molecule has 3 N–H and O–H groups in total. The molecular weight excluding hydrogens is 278 g/mol. The van der Waals surface area contributed by atoms with Gasteiger partial charge in [0.05, 0.1) is 11.4 Å². The van der Waals surface area contributed by atoms with Gasteiger partial charge in [-0.25, -0.2) is 0 Å². The Balaban J connectivity index is 2.05. The number of nitrogens with two attached hydrogens (primary N) is 1. The molecule has 0 aromatic heterocycles. The summed E-state index contributed by atoms with van der Waals surface area (Å²) in [5.41, 5.74) is 8.77. The van der Waals surface area contributed by atoms with E-state index >= 15 is 0 Å². The van der Waals surface area contributed by atoms with Crippen LogP contribution in [0.2, 0.25) is 0 Å². The maximum Gasteiger partial charge on any atom is 0.320 e. The van der Waals surface area contributed by atoms with Crippen molar-refractivity contribution in [2.45, 2.75) is 12.5 Å². The number of azo groups is 1. The third-order valence-corrected chi connectivity index (χ3v) is 3.10. The van der Waals surface area contributed by atoms with E-state index in [4.69, 9.17) is 10.8 Å². The van der Waals surface area contributed by atoms with Crippen LogP contribution in [0.4, 0.5) is 11.4 Å². The first-order chi connectivity index (χ1) is 10.6. The average Bonchev–Trinajstić information content (AvgIpc) is 2.54. The van der Waals surface area contributed by atoms with Gasteiger partial charge in [-0.2, -0.15) is 10.2 Å². The fraction of sp³-hybridized carbons (Fsp3) is 0.118. The molecule has 0 fully saturated rings. The van der Waals surface area contributed by atoms with Gasteiger partial charge in [0.15, 0.2) is 0 Å². The highest BCUT2D eigenvalue weighted by Gasteiger charge is 2.11. The molecule has 2 aromatic carbocycles. The summed E-state index contributed by atoms with van der Waals surface area (Å²) in [7, 11) is 0. The fourth-order valence-electron chi connectivity index (χ4n) is 1.87. The van der Waals surface area contributed by atoms with E-state index in [0.717, 1.165) is 16.8 Å². The minimum atomic E-state index is -1.01. The lowest BCUT2D eigenvalue weighted by molar-refractivity contribution is -0.138. The van der Waals surface area contributed by atoms with Crippen LogP contribution in [0.25, 0.3) is 6.08 Å². The van der Waals surface area contributed by atoms with Gasteiger partial charge in [0, 0.05) is 0 Å². The van der Waals surface area contributed by atoms with E-state index in [1.165, 1.54) is 0 Å². The van der Waals surface area contributed by atoms with Crippen LogP contribution in [0.5, 0.6) is 0 Å². The zero-order valence-corrected chi connectivity index (χ0v) is 12.0. The quantitative estimate of drug-likeness (QED) is 0.796. The lowest BCUT2D eigenvalue weighted by Crippen LogP contribution is -2.32. The average molecular weight is 295 g/mol. The lowest BCUT2D eigenvalue weighted by Gasteiger charge is -2.06. The Morgan fingerprint density at radius 3 is 2.50 bits per heavy atom. The molecule has 112 valence electrons. The van der Waals surface area contributed by atoms with Crippen molar-refractivity contribution < 1.29 is 9.90 Å². The second-order valence-electron chi connectivity index (χ2n) is 4.81. The second-order valence-corrected chi connectivity index (χ2v) is 4.81. The summed E-state index contributed by atoms with van der Waals surface area (Å²) in [5, 5.41) is 17.1. The molecule has 0 heterocycles. The maximum absolute atomic E-state index is 10.7. The molecule has 5 heteroatoms. The summed E-state index contributed by atoms with van der Waals surface area (Å²) in [6, 6.07) is 13.8. The zero-order chi connectivity index (χ0) is 15.9. The minimum Gasteiger partial charge on any atom is -0.480 e. The predicted octanol–water partition coefficient (Wildman–Crippen LogP) is 3.70. The molecule has 0 bridgehead atoms. The molecule has 0 amide bonds. The Kier molecular flexibility index (Phi) is 5.16.